The Labute approximate surface area is 91.2 Å². The van der Waals surface area contributed by atoms with Gasteiger partial charge in [0.2, 0.25) is 0 Å². The molecule has 0 aromatic rings. The molecule has 4 heteroatoms. The summed E-state index contributed by atoms with van der Waals surface area (Å²) in [6.45, 7) is 5.73. The average Bonchev–Trinajstić information content (AvgIpc) is 2.22. The van der Waals surface area contributed by atoms with Gasteiger partial charge in [-0.3, -0.25) is 0 Å². The molecule has 0 aromatic heterocycles. The Morgan fingerprint density at radius 1 is 1.60 bits per heavy atom. The molecule has 0 bridgehead atoms. The first kappa shape index (κ1) is 12.9. The van der Waals surface area contributed by atoms with Crippen molar-refractivity contribution in [3.05, 3.63) is 0 Å². The fourth-order valence-corrected chi connectivity index (χ4v) is 2.10. The Kier molecular flexibility index (Phi) is 4.12. The molecule has 90 valence electrons. The maximum atomic E-state index is 9.92. The molecule has 2 N–H and O–H groups in total. The number of aliphatic hydroxyl groups excluding tert-OH is 2. The third kappa shape index (κ3) is 2.69. The molecule has 1 saturated heterocycles. The van der Waals surface area contributed by atoms with Crippen molar-refractivity contribution in [1.29, 1.82) is 0 Å². The van der Waals surface area contributed by atoms with Crippen molar-refractivity contribution >= 4 is 0 Å². The molecule has 0 aromatic carbocycles. The fraction of sp³-hybridized carbons (Fsp3) is 1.00. The first-order valence-corrected chi connectivity index (χ1v) is 5.45. The van der Waals surface area contributed by atoms with Gasteiger partial charge in [-0.15, -0.1) is 0 Å². The number of ether oxygens (including phenoxy) is 2. The summed E-state index contributed by atoms with van der Waals surface area (Å²) in [6.07, 6.45) is -0.134. The molecule has 0 spiro atoms. The van der Waals surface area contributed by atoms with Gasteiger partial charge in [0.25, 0.3) is 0 Å². The third-order valence-electron chi connectivity index (χ3n) is 3.37. The molecule has 1 rings (SSSR count). The van der Waals surface area contributed by atoms with E-state index >= 15 is 0 Å². The van der Waals surface area contributed by atoms with Crippen molar-refractivity contribution < 1.29 is 19.7 Å². The van der Waals surface area contributed by atoms with Crippen LogP contribution in [0.15, 0.2) is 0 Å². The molecule has 0 radical (unpaired) electrons. The normalized spacial score (nSPS) is 44.0. The molecular formula is C11H22O4. The summed E-state index contributed by atoms with van der Waals surface area (Å²) in [5, 5.41) is 19.0. The quantitative estimate of drug-likeness (QED) is 0.734. The molecule has 0 saturated carbocycles. The van der Waals surface area contributed by atoms with E-state index in [0.29, 0.717) is 6.42 Å². The summed E-state index contributed by atoms with van der Waals surface area (Å²) in [6, 6.07) is 0. The summed E-state index contributed by atoms with van der Waals surface area (Å²) in [4.78, 5) is 0. The van der Waals surface area contributed by atoms with E-state index in [1.807, 2.05) is 20.8 Å². The van der Waals surface area contributed by atoms with Crippen LogP contribution in [-0.4, -0.2) is 41.9 Å². The van der Waals surface area contributed by atoms with Gasteiger partial charge in [0, 0.05) is 32.0 Å². The Hall–Kier alpha value is -0.160. The lowest BCUT2D eigenvalue weighted by atomic mass is 9.83. The van der Waals surface area contributed by atoms with Crippen LogP contribution in [0.2, 0.25) is 0 Å². The van der Waals surface area contributed by atoms with Gasteiger partial charge in [0.05, 0.1) is 12.2 Å². The summed E-state index contributed by atoms with van der Waals surface area (Å²) in [5.41, 5.74) is 0. The van der Waals surface area contributed by atoms with Gasteiger partial charge < -0.3 is 19.7 Å². The summed E-state index contributed by atoms with van der Waals surface area (Å²) in [5.74, 6) is -0.708. The Balaban J connectivity index is 2.77. The highest BCUT2D eigenvalue weighted by Gasteiger charge is 2.43. The number of hydrogen-bond acceptors (Lipinski definition) is 4. The molecule has 1 aliphatic rings. The second-order valence-corrected chi connectivity index (χ2v) is 4.71. The van der Waals surface area contributed by atoms with E-state index in [9.17, 15) is 5.11 Å². The first-order valence-electron chi connectivity index (χ1n) is 5.45. The largest absolute Gasteiger partial charge is 0.396 e. The van der Waals surface area contributed by atoms with Gasteiger partial charge in [0.15, 0.2) is 5.79 Å². The molecule has 1 heterocycles. The van der Waals surface area contributed by atoms with Crippen LogP contribution in [0, 0.1) is 11.8 Å². The monoisotopic (exact) mass is 218 g/mol. The molecule has 15 heavy (non-hydrogen) atoms. The minimum atomic E-state index is -0.736. The lowest BCUT2D eigenvalue weighted by Gasteiger charge is -2.45. The van der Waals surface area contributed by atoms with E-state index < -0.39 is 11.9 Å². The summed E-state index contributed by atoms with van der Waals surface area (Å²) < 4.78 is 11.1. The van der Waals surface area contributed by atoms with Gasteiger partial charge in [-0.2, -0.15) is 0 Å². The molecule has 1 aliphatic heterocycles. The maximum absolute atomic E-state index is 9.92. The predicted molar refractivity (Wildman–Crippen MR) is 56.3 cm³/mol. The second kappa shape index (κ2) is 4.78. The highest BCUT2D eigenvalue weighted by molar-refractivity contribution is 4.87. The molecule has 0 amide bonds. The van der Waals surface area contributed by atoms with Gasteiger partial charge in [0.1, 0.15) is 0 Å². The summed E-state index contributed by atoms with van der Waals surface area (Å²) >= 11 is 0. The van der Waals surface area contributed by atoms with Crippen LogP contribution in [0.5, 0.6) is 0 Å². The number of hydrogen-bond donors (Lipinski definition) is 2. The van der Waals surface area contributed by atoms with Gasteiger partial charge in [-0.25, -0.2) is 0 Å². The van der Waals surface area contributed by atoms with E-state index in [-0.39, 0.29) is 24.5 Å². The van der Waals surface area contributed by atoms with Gasteiger partial charge >= 0.3 is 0 Å². The van der Waals surface area contributed by atoms with E-state index in [1.54, 1.807) is 7.11 Å². The SMILES string of the molecule is COC1(C)CC(O)C(C)C(C(C)CO)O1. The number of rotatable bonds is 3. The first-order chi connectivity index (χ1) is 6.93. The van der Waals surface area contributed by atoms with Crippen molar-refractivity contribution in [3.8, 4) is 0 Å². The third-order valence-corrected chi connectivity index (χ3v) is 3.37. The van der Waals surface area contributed by atoms with Crippen molar-refractivity contribution in [2.75, 3.05) is 13.7 Å². The van der Waals surface area contributed by atoms with Gasteiger partial charge in [-0.05, 0) is 6.92 Å². The minimum Gasteiger partial charge on any atom is -0.396 e. The zero-order valence-electron chi connectivity index (χ0n) is 9.93. The van der Waals surface area contributed by atoms with Crippen LogP contribution < -0.4 is 0 Å². The Morgan fingerprint density at radius 2 is 2.20 bits per heavy atom. The van der Waals surface area contributed by atoms with Crippen LogP contribution in [0.1, 0.15) is 27.2 Å². The van der Waals surface area contributed by atoms with E-state index in [1.165, 1.54) is 0 Å². The van der Waals surface area contributed by atoms with Crippen molar-refractivity contribution in [1.82, 2.24) is 0 Å². The van der Waals surface area contributed by atoms with Gasteiger partial charge in [-0.1, -0.05) is 13.8 Å². The van der Waals surface area contributed by atoms with E-state index in [4.69, 9.17) is 14.6 Å². The Bertz CT molecular complexity index is 209. The Morgan fingerprint density at radius 3 is 2.67 bits per heavy atom. The van der Waals surface area contributed by atoms with Crippen LogP contribution in [0.3, 0.4) is 0 Å². The average molecular weight is 218 g/mol. The highest BCUT2D eigenvalue weighted by atomic mass is 16.7. The van der Waals surface area contributed by atoms with Crippen molar-refractivity contribution in [3.63, 3.8) is 0 Å². The van der Waals surface area contributed by atoms with Crippen LogP contribution in [-0.2, 0) is 9.47 Å². The fourth-order valence-electron chi connectivity index (χ4n) is 2.10. The van der Waals surface area contributed by atoms with Crippen LogP contribution in [0.4, 0.5) is 0 Å². The zero-order chi connectivity index (χ0) is 11.6. The topological polar surface area (TPSA) is 58.9 Å². The molecule has 0 aliphatic carbocycles. The number of methoxy groups -OCH3 is 1. The molecule has 4 nitrogen and oxygen atoms in total. The highest BCUT2D eigenvalue weighted by Crippen LogP contribution is 2.35. The van der Waals surface area contributed by atoms with Crippen LogP contribution >= 0.6 is 0 Å². The van der Waals surface area contributed by atoms with Crippen molar-refractivity contribution in [2.45, 2.75) is 45.2 Å². The second-order valence-electron chi connectivity index (χ2n) is 4.71. The molecular weight excluding hydrogens is 196 g/mol. The zero-order valence-corrected chi connectivity index (χ0v) is 9.93. The maximum Gasteiger partial charge on any atom is 0.168 e. The lowest BCUT2D eigenvalue weighted by molar-refractivity contribution is -0.299. The number of aliphatic hydroxyl groups is 2. The summed E-state index contributed by atoms with van der Waals surface area (Å²) in [7, 11) is 1.57. The standard InChI is InChI=1S/C11H22O4/c1-7(6-12)10-8(2)9(13)5-11(3,14-4)15-10/h7-10,12-13H,5-6H2,1-4H3. The van der Waals surface area contributed by atoms with E-state index in [0.717, 1.165) is 0 Å². The molecule has 1 fully saturated rings. The van der Waals surface area contributed by atoms with Crippen LogP contribution in [0.25, 0.3) is 0 Å². The minimum absolute atomic E-state index is 0.00410. The molecule has 5 unspecified atom stereocenters. The van der Waals surface area contributed by atoms with E-state index in [2.05, 4.69) is 0 Å². The predicted octanol–water partition coefficient (Wildman–Crippen LogP) is 0.763. The molecule has 5 atom stereocenters. The van der Waals surface area contributed by atoms with Crippen molar-refractivity contribution in [2.24, 2.45) is 11.8 Å². The lowest BCUT2D eigenvalue weighted by Crippen LogP contribution is -2.52. The smallest absolute Gasteiger partial charge is 0.168 e.